The van der Waals surface area contributed by atoms with E-state index in [1.165, 1.54) is 0 Å². The largest absolute Gasteiger partial charge is 0.382 e. The van der Waals surface area contributed by atoms with Gasteiger partial charge in [-0.1, -0.05) is 6.92 Å². The van der Waals surface area contributed by atoms with Gasteiger partial charge in [0.05, 0.1) is 0 Å². The summed E-state index contributed by atoms with van der Waals surface area (Å²) in [6.07, 6.45) is 1.85. The Labute approximate surface area is 105 Å². The molecule has 1 heterocycles. The number of anilines is 1. The van der Waals surface area contributed by atoms with Crippen LogP contribution in [0.25, 0.3) is 0 Å². The zero-order valence-corrected chi connectivity index (χ0v) is 10.3. The Morgan fingerprint density at radius 2 is 1.72 bits per heavy atom. The Bertz CT molecular complexity index is 392. The topological polar surface area (TPSA) is 15.3 Å². The van der Waals surface area contributed by atoms with Crippen molar-refractivity contribution in [2.75, 3.05) is 25.0 Å². The van der Waals surface area contributed by atoms with E-state index >= 15 is 0 Å². The molecule has 5 heteroatoms. The summed E-state index contributed by atoms with van der Waals surface area (Å²) >= 11 is 0. The maximum atomic E-state index is 13.0. The minimum Gasteiger partial charge on any atom is -0.382 e. The first-order valence-electron chi connectivity index (χ1n) is 6.23. The Morgan fingerprint density at radius 3 is 2.22 bits per heavy atom. The number of halogens is 3. The molecule has 0 spiro atoms. The van der Waals surface area contributed by atoms with Gasteiger partial charge in [0, 0.05) is 37.0 Å². The van der Waals surface area contributed by atoms with E-state index in [1.807, 2.05) is 0 Å². The predicted octanol–water partition coefficient (Wildman–Crippen LogP) is 3.00. The Balaban J connectivity index is 1.98. The monoisotopic (exact) mass is 258 g/mol. The molecule has 0 radical (unpaired) electrons. The third kappa shape index (κ3) is 2.96. The molecular weight excluding hydrogens is 241 g/mol. The molecule has 0 aromatic heterocycles. The van der Waals surface area contributed by atoms with Crippen LogP contribution in [0, 0.1) is 17.5 Å². The molecule has 0 atom stereocenters. The lowest BCUT2D eigenvalue weighted by atomic mass is 10.0. The molecule has 1 aliphatic heterocycles. The second-order valence-electron chi connectivity index (χ2n) is 4.61. The maximum Gasteiger partial charge on any atom is 0.194 e. The van der Waals surface area contributed by atoms with Crippen LogP contribution < -0.4 is 5.32 Å². The van der Waals surface area contributed by atoms with Crippen molar-refractivity contribution >= 4 is 5.69 Å². The highest BCUT2D eigenvalue weighted by molar-refractivity contribution is 5.45. The third-order valence-electron chi connectivity index (χ3n) is 3.39. The Morgan fingerprint density at radius 1 is 1.17 bits per heavy atom. The Kier molecular flexibility index (Phi) is 4.11. The quantitative estimate of drug-likeness (QED) is 0.838. The molecule has 1 aromatic carbocycles. The van der Waals surface area contributed by atoms with Crippen molar-refractivity contribution in [3.8, 4) is 0 Å². The second kappa shape index (κ2) is 5.61. The van der Waals surface area contributed by atoms with Gasteiger partial charge in [-0.15, -0.1) is 0 Å². The van der Waals surface area contributed by atoms with E-state index in [0.29, 0.717) is 5.69 Å². The van der Waals surface area contributed by atoms with E-state index in [9.17, 15) is 13.2 Å². The highest BCUT2D eigenvalue weighted by Gasteiger charge is 2.19. The normalized spacial score (nSPS) is 18.0. The van der Waals surface area contributed by atoms with E-state index < -0.39 is 17.5 Å². The number of benzene rings is 1. The van der Waals surface area contributed by atoms with Crippen molar-refractivity contribution in [2.24, 2.45) is 0 Å². The average Bonchev–Trinajstić information content (AvgIpc) is 2.37. The van der Waals surface area contributed by atoms with Crippen LogP contribution in [0.2, 0.25) is 0 Å². The summed E-state index contributed by atoms with van der Waals surface area (Å²) in [6, 6.07) is 2.20. The molecule has 1 aromatic rings. The van der Waals surface area contributed by atoms with Crippen molar-refractivity contribution < 1.29 is 13.2 Å². The minimum absolute atomic E-state index is 0.192. The molecule has 2 nitrogen and oxygen atoms in total. The van der Waals surface area contributed by atoms with Crippen molar-refractivity contribution in [1.29, 1.82) is 0 Å². The van der Waals surface area contributed by atoms with Crippen molar-refractivity contribution in [2.45, 2.75) is 25.8 Å². The number of rotatable bonds is 3. The SMILES string of the molecule is CCN1CCC(Nc2cc(F)c(F)c(F)c2)CC1. The summed E-state index contributed by atoms with van der Waals surface area (Å²) in [5.41, 5.74) is 0.307. The fraction of sp³-hybridized carbons (Fsp3) is 0.538. The number of nitrogens with one attached hydrogen (secondary N) is 1. The fourth-order valence-corrected chi connectivity index (χ4v) is 2.27. The lowest BCUT2D eigenvalue weighted by Crippen LogP contribution is -2.38. The van der Waals surface area contributed by atoms with E-state index in [1.54, 1.807) is 0 Å². The average molecular weight is 258 g/mol. The molecule has 18 heavy (non-hydrogen) atoms. The third-order valence-corrected chi connectivity index (χ3v) is 3.39. The van der Waals surface area contributed by atoms with Crippen LogP contribution in [0.1, 0.15) is 19.8 Å². The summed E-state index contributed by atoms with van der Waals surface area (Å²) in [4.78, 5) is 2.32. The van der Waals surface area contributed by atoms with Crippen LogP contribution in [0.5, 0.6) is 0 Å². The summed E-state index contributed by atoms with van der Waals surface area (Å²) in [7, 11) is 0. The van der Waals surface area contributed by atoms with Gasteiger partial charge >= 0.3 is 0 Å². The minimum atomic E-state index is -1.42. The molecule has 0 saturated carbocycles. The number of piperidine rings is 1. The molecule has 0 unspecified atom stereocenters. The van der Waals surface area contributed by atoms with Crippen LogP contribution in [-0.4, -0.2) is 30.6 Å². The first kappa shape index (κ1) is 13.2. The number of hydrogen-bond donors (Lipinski definition) is 1. The summed E-state index contributed by atoms with van der Waals surface area (Å²) in [6.45, 7) is 5.08. The first-order valence-corrected chi connectivity index (χ1v) is 6.23. The van der Waals surface area contributed by atoms with Gasteiger partial charge in [0.2, 0.25) is 0 Å². The van der Waals surface area contributed by atoms with Crippen molar-refractivity contribution in [1.82, 2.24) is 4.90 Å². The highest BCUT2D eigenvalue weighted by Crippen LogP contribution is 2.20. The maximum absolute atomic E-state index is 13.0. The smallest absolute Gasteiger partial charge is 0.194 e. The fourth-order valence-electron chi connectivity index (χ4n) is 2.27. The number of likely N-dealkylation sites (tertiary alicyclic amines) is 1. The summed E-state index contributed by atoms with van der Waals surface area (Å²) in [5.74, 6) is -3.71. The molecule has 1 saturated heterocycles. The predicted molar refractivity (Wildman–Crippen MR) is 65.1 cm³/mol. The van der Waals surface area contributed by atoms with Crippen LogP contribution in [-0.2, 0) is 0 Å². The van der Waals surface area contributed by atoms with Gasteiger partial charge in [-0.05, 0) is 19.4 Å². The van der Waals surface area contributed by atoms with Crippen LogP contribution >= 0.6 is 0 Å². The zero-order valence-electron chi connectivity index (χ0n) is 10.3. The van der Waals surface area contributed by atoms with Gasteiger partial charge in [0.15, 0.2) is 17.5 Å². The first-order chi connectivity index (χ1) is 8.60. The zero-order chi connectivity index (χ0) is 13.1. The lowest BCUT2D eigenvalue weighted by Gasteiger charge is -2.32. The molecular formula is C13H17F3N2. The standard InChI is InChI=1S/C13H17F3N2/c1-2-18-5-3-9(4-6-18)17-10-7-11(14)13(16)12(15)8-10/h7-9,17H,2-6H2,1H3. The van der Waals surface area contributed by atoms with Gasteiger partial charge < -0.3 is 10.2 Å². The summed E-state index contributed by atoms with van der Waals surface area (Å²) in [5, 5.41) is 3.06. The van der Waals surface area contributed by atoms with Gasteiger partial charge in [-0.25, -0.2) is 13.2 Å². The number of hydrogen-bond acceptors (Lipinski definition) is 2. The van der Waals surface area contributed by atoms with Gasteiger partial charge in [0.1, 0.15) is 0 Å². The van der Waals surface area contributed by atoms with Gasteiger partial charge in [-0.3, -0.25) is 0 Å². The van der Waals surface area contributed by atoms with E-state index in [0.717, 1.165) is 44.6 Å². The molecule has 0 aliphatic carbocycles. The van der Waals surface area contributed by atoms with Crippen LogP contribution in [0.15, 0.2) is 12.1 Å². The van der Waals surface area contributed by atoms with Gasteiger partial charge in [-0.2, -0.15) is 0 Å². The molecule has 1 aliphatic rings. The summed E-state index contributed by atoms with van der Waals surface area (Å²) < 4.78 is 38.9. The number of nitrogens with zero attached hydrogens (tertiary/aromatic N) is 1. The van der Waals surface area contributed by atoms with Gasteiger partial charge in [0.25, 0.3) is 0 Å². The Hall–Kier alpha value is -1.23. The molecule has 2 rings (SSSR count). The van der Waals surface area contributed by atoms with Crippen LogP contribution in [0.3, 0.4) is 0 Å². The van der Waals surface area contributed by atoms with E-state index in [2.05, 4.69) is 17.1 Å². The van der Waals surface area contributed by atoms with Crippen molar-refractivity contribution in [3.05, 3.63) is 29.6 Å². The van der Waals surface area contributed by atoms with E-state index in [4.69, 9.17) is 0 Å². The molecule has 0 bridgehead atoms. The molecule has 100 valence electrons. The van der Waals surface area contributed by atoms with Crippen LogP contribution in [0.4, 0.5) is 18.9 Å². The highest BCUT2D eigenvalue weighted by atomic mass is 19.2. The second-order valence-corrected chi connectivity index (χ2v) is 4.61. The molecule has 0 amide bonds. The van der Waals surface area contributed by atoms with Crippen molar-refractivity contribution in [3.63, 3.8) is 0 Å². The molecule has 1 N–H and O–H groups in total. The molecule has 1 fully saturated rings. The lowest BCUT2D eigenvalue weighted by molar-refractivity contribution is 0.229. The van der Waals surface area contributed by atoms with E-state index in [-0.39, 0.29) is 6.04 Å².